The van der Waals surface area contributed by atoms with Crippen molar-refractivity contribution < 1.29 is 9.90 Å². The molecule has 1 aromatic heterocycles. The Kier molecular flexibility index (Phi) is 3.37. The van der Waals surface area contributed by atoms with Crippen LogP contribution in [0.4, 0.5) is 5.95 Å². The number of nitrogens with zero attached hydrogens (tertiary/aromatic N) is 3. The Morgan fingerprint density at radius 1 is 1.43 bits per heavy atom. The van der Waals surface area contributed by atoms with Crippen LogP contribution in [0.1, 0.15) is 24.4 Å². The van der Waals surface area contributed by atoms with E-state index in [0.717, 1.165) is 17.7 Å². The van der Waals surface area contributed by atoms with Crippen molar-refractivity contribution in [2.45, 2.75) is 24.0 Å². The molecule has 1 aromatic carbocycles. The van der Waals surface area contributed by atoms with Crippen LogP contribution in [-0.4, -0.2) is 31.9 Å². The van der Waals surface area contributed by atoms with Gasteiger partial charge >= 0.3 is 0 Å². The topological polar surface area (TPSA) is 80.0 Å². The summed E-state index contributed by atoms with van der Waals surface area (Å²) in [7, 11) is 0. The Hall–Kier alpha value is -2.28. The molecule has 4 rings (SSSR count). The Morgan fingerprint density at radius 2 is 2.30 bits per heavy atom. The van der Waals surface area contributed by atoms with Gasteiger partial charge in [-0.05, 0) is 30.4 Å². The fraction of sp³-hybridized carbons (Fsp3) is 0.312. The second-order valence-corrected chi connectivity index (χ2v) is 6.45. The summed E-state index contributed by atoms with van der Waals surface area (Å²) in [5.41, 5.74) is 1.75. The van der Waals surface area contributed by atoms with Crippen LogP contribution in [0.25, 0.3) is 0 Å². The Morgan fingerprint density at radius 3 is 3.09 bits per heavy atom. The first-order chi connectivity index (χ1) is 11.2. The van der Waals surface area contributed by atoms with Crippen LogP contribution >= 0.6 is 11.8 Å². The monoisotopic (exact) mass is 328 g/mol. The van der Waals surface area contributed by atoms with Gasteiger partial charge in [-0.1, -0.05) is 30.0 Å². The molecule has 2 heterocycles. The fourth-order valence-electron chi connectivity index (χ4n) is 3.28. The van der Waals surface area contributed by atoms with Gasteiger partial charge in [-0.25, -0.2) is 4.68 Å². The van der Waals surface area contributed by atoms with Gasteiger partial charge in [0.1, 0.15) is 11.5 Å². The molecule has 0 amide bonds. The van der Waals surface area contributed by atoms with E-state index in [4.69, 9.17) is 0 Å². The number of hydrogen-bond acceptors (Lipinski definition) is 6. The molecular formula is C16H16N4O2S. The van der Waals surface area contributed by atoms with E-state index in [1.54, 1.807) is 22.9 Å². The minimum absolute atomic E-state index is 0.182. The first-order valence-corrected chi connectivity index (χ1v) is 8.69. The minimum Gasteiger partial charge on any atom is -0.508 e. The van der Waals surface area contributed by atoms with Crippen LogP contribution in [-0.2, 0) is 4.79 Å². The van der Waals surface area contributed by atoms with Crippen molar-refractivity contribution in [3.05, 3.63) is 41.6 Å². The fourth-order valence-corrected chi connectivity index (χ4v) is 3.63. The average Bonchev–Trinajstić information content (AvgIpc) is 2.96. The van der Waals surface area contributed by atoms with E-state index in [1.807, 2.05) is 12.3 Å². The van der Waals surface area contributed by atoms with Crippen molar-refractivity contribution in [1.29, 1.82) is 0 Å². The van der Waals surface area contributed by atoms with E-state index >= 15 is 0 Å². The van der Waals surface area contributed by atoms with E-state index < -0.39 is 0 Å². The van der Waals surface area contributed by atoms with Crippen LogP contribution in [0.15, 0.2) is 41.2 Å². The number of aromatic nitrogens is 3. The third-order valence-electron chi connectivity index (χ3n) is 4.28. The number of aromatic hydroxyl groups is 1. The summed E-state index contributed by atoms with van der Waals surface area (Å²) in [6, 6.07) is 6.74. The van der Waals surface area contributed by atoms with Gasteiger partial charge in [0, 0.05) is 12.1 Å². The normalized spacial score (nSPS) is 22.8. The first-order valence-electron chi connectivity index (χ1n) is 7.46. The van der Waals surface area contributed by atoms with Crippen LogP contribution in [0.2, 0.25) is 0 Å². The number of carbonyl (C=O) groups is 1. The lowest BCUT2D eigenvalue weighted by Gasteiger charge is -2.36. The van der Waals surface area contributed by atoms with Crippen LogP contribution in [0, 0.1) is 5.92 Å². The van der Waals surface area contributed by atoms with E-state index in [9.17, 15) is 9.90 Å². The smallest absolute Gasteiger partial charge is 0.227 e. The zero-order valence-electron chi connectivity index (χ0n) is 12.6. The van der Waals surface area contributed by atoms with Crippen molar-refractivity contribution in [1.82, 2.24) is 14.8 Å². The Balaban J connectivity index is 1.91. The summed E-state index contributed by atoms with van der Waals surface area (Å²) in [6.07, 6.45) is 5.26. The van der Waals surface area contributed by atoms with Crippen LogP contribution in [0.3, 0.4) is 0 Å². The molecule has 2 N–H and O–H groups in total. The lowest BCUT2D eigenvalue weighted by atomic mass is 9.81. The van der Waals surface area contributed by atoms with Crippen LogP contribution < -0.4 is 5.32 Å². The molecule has 1 aliphatic heterocycles. The lowest BCUT2D eigenvalue weighted by Crippen LogP contribution is -2.38. The van der Waals surface area contributed by atoms with E-state index in [0.29, 0.717) is 17.5 Å². The van der Waals surface area contributed by atoms with Crippen molar-refractivity contribution in [2.24, 2.45) is 5.92 Å². The van der Waals surface area contributed by atoms with Gasteiger partial charge < -0.3 is 10.4 Å². The predicted molar refractivity (Wildman–Crippen MR) is 87.5 cm³/mol. The molecule has 7 heteroatoms. The van der Waals surface area contributed by atoms with Gasteiger partial charge in [-0.15, -0.1) is 5.10 Å². The Labute approximate surface area is 137 Å². The molecular weight excluding hydrogens is 312 g/mol. The second-order valence-electron chi connectivity index (χ2n) is 5.67. The minimum atomic E-state index is -0.311. The highest BCUT2D eigenvalue weighted by molar-refractivity contribution is 7.98. The number of benzene rings is 1. The van der Waals surface area contributed by atoms with Crippen LogP contribution in [0.5, 0.6) is 5.75 Å². The quantitative estimate of drug-likeness (QED) is 0.825. The first kappa shape index (κ1) is 14.3. The third kappa shape index (κ3) is 2.31. The number of phenolic OH excluding ortho intramolecular Hbond substituents is 1. The molecule has 2 aliphatic rings. The summed E-state index contributed by atoms with van der Waals surface area (Å²) in [4.78, 5) is 17.0. The van der Waals surface area contributed by atoms with Gasteiger partial charge in [0.25, 0.3) is 0 Å². The molecule has 0 fully saturated rings. The predicted octanol–water partition coefficient (Wildman–Crippen LogP) is 2.58. The zero-order valence-corrected chi connectivity index (χ0v) is 13.4. The largest absolute Gasteiger partial charge is 0.508 e. The summed E-state index contributed by atoms with van der Waals surface area (Å²) in [5.74, 6) is 0.700. The molecule has 1 aliphatic carbocycles. The van der Waals surface area contributed by atoms with Crippen molar-refractivity contribution >= 4 is 23.5 Å². The van der Waals surface area contributed by atoms with Crippen molar-refractivity contribution in [2.75, 3.05) is 11.6 Å². The second kappa shape index (κ2) is 5.42. The maximum atomic E-state index is 12.6. The number of phenols is 1. The molecule has 0 unspecified atom stereocenters. The van der Waals surface area contributed by atoms with Gasteiger partial charge in [-0.3, -0.25) is 4.79 Å². The molecule has 6 nitrogen and oxygen atoms in total. The summed E-state index contributed by atoms with van der Waals surface area (Å²) in [6.45, 7) is 0. The number of fused-ring (bicyclic) bond motifs is 2. The molecule has 0 saturated carbocycles. The molecule has 2 aromatic rings. The van der Waals surface area contributed by atoms with E-state index in [2.05, 4.69) is 21.5 Å². The van der Waals surface area contributed by atoms with Gasteiger partial charge in [0.15, 0.2) is 0 Å². The number of ketones is 1. The molecule has 0 radical (unpaired) electrons. The van der Waals surface area contributed by atoms with Gasteiger partial charge in [-0.2, -0.15) is 4.98 Å². The average molecular weight is 328 g/mol. The van der Waals surface area contributed by atoms with Gasteiger partial charge in [0.05, 0.1) is 12.0 Å². The Bertz CT molecular complexity index is 814. The molecule has 0 saturated heterocycles. The van der Waals surface area contributed by atoms with Crippen molar-refractivity contribution in [3.8, 4) is 5.75 Å². The molecule has 118 valence electrons. The molecule has 0 bridgehead atoms. The number of rotatable bonds is 2. The molecule has 23 heavy (non-hydrogen) atoms. The number of carbonyl (C=O) groups excluding carboxylic acids is 1. The highest BCUT2D eigenvalue weighted by Crippen LogP contribution is 2.42. The van der Waals surface area contributed by atoms with E-state index in [-0.39, 0.29) is 23.5 Å². The summed E-state index contributed by atoms with van der Waals surface area (Å²) >= 11 is 1.46. The maximum Gasteiger partial charge on any atom is 0.227 e. The van der Waals surface area contributed by atoms with Crippen molar-refractivity contribution in [3.63, 3.8) is 0 Å². The summed E-state index contributed by atoms with van der Waals surface area (Å²) in [5, 5.41) is 18.3. The third-order valence-corrected chi connectivity index (χ3v) is 4.82. The van der Waals surface area contributed by atoms with E-state index in [1.165, 1.54) is 11.8 Å². The maximum absolute atomic E-state index is 12.6. The van der Waals surface area contributed by atoms with Gasteiger partial charge in [0.2, 0.25) is 11.1 Å². The zero-order chi connectivity index (χ0) is 16.0. The highest BCUT2D eigenvalue weighted by Gasteiger charge is 2.41. The highest BCUT2D eigenvalue weighted by atomic mass is 32.2. The molecule has 2 atom stereocenters. The molecule has 0 spiro atoms. The standard InChI is InChI=1S/C16H16N4O2S/c1-23-16-18-15-17-11-6-3-7-12(22)13(11)14(20(15)19-16)9-4-2-5-10(21)8-9/h2,4-6,8,13-14,21H,3,7H2,1H3,(H,17,18,19)/t13-,14-/m1/s1. The number of nitrogens with one attached hydrogen (secondary N) is 1. The number of hydrogen-bond donors (Lipinski definition) is 2. The number of thioether (sulfide) groups is 1. The number of allylic oxidation sites excluding steroid dienone is 2. The summed E-state index contributed by atoms with van der Waals surface area (Å²) < 4.78 is 1.77. The number of anilines is 1. The number of Topliss-reactive ketones (excluding diaryl/α,β-unsaturated/α-hetero) is 1. The SMILES string of the molecule is CSc1nc2n(n1)[C@H](c1cccc(O)c1)[C@H]1C(=O)CCC=C1N2. The lowest BCUT2D eigenvalue weighted by molar-refractivity contribution is -0.123.